The highest BCUT2D eigenvalue weighted by Crippen LogP contribution is 2.10. The lowest BCUT2D eigenvalue weighted by Gasteiger charge is -2.31. The molecule has 14 heavy (non-hydrogen) atoms. The number of likely N-dealkylation sites (N-methyl/N-ethyl adjacent to an activating group) is 1. The number of methoxy groups -OCH3 is 1. The van der Waals surface area contributed by atoms with E-state index in [0.717, 1.165) is 6.54 Å². The fourth-order valence-electron chi connectivity index (χ4n) is 1.34. The molecule has 0 aliphatic carbocycles. The van der Waals surface area contributed by atoms with Gasteiger partial charge >= 0.3 is 5.97 Å². The molecule has 84 valence electrons. The van der Waals surface area contributed by atoms with E-state index in [4.69, 9.17) is 0 Å². The fourth-order valence-corrected chi connectivity index (χ4v) is 1.34. The van der Waals surface area contributed by atoms with Crippen LogP contribution in [0.3, 0.4) is 0 Å². The molecule has 0 rings (SSSR count). The second kappa shape index (κ2) is 5.32. The first kappa shape index (κ1) is 13.4. The maximum Gasteiger partial charge on any atom is 0.338 e. The third kappa shape index (κ3) is 3.64. The van der Waals surface area contributed by atoms with Gasteiger partial charge in [0.1, 0.15) is 0 Å². The van der Waals surface area contributed by atoms with Crippen molar-refractivity contribution < 1.29 is 14.6 Å². The zero-order chi connectivity index (χ0) is 11.4. The minimum Gasteiger partial charge on any atom is -0.467 e. The van der Waals surface area contributed by atoms with Gasteiger partial charge in [0.2, 0.25) is 0 Å². The summed E-state index contributed by atoms with van der Waals surface area (Å²) in [6.07, 6.45) is 0. The Labute approximate surface area is 85.9 Å². The van der Waals surface area contributed by atoms with E-state index in [1.807, 2.05) is 25.7 Å². The van der Waals surface area contributed by atoms with E-state index >= 15 is 0 Å². The minimum atomic E-state index is -1.42. The summed E-state index contributed by atoms with van der Waals surface area (Å²) in [4.78, 5) is 13.2. The molecular weight excluding hydrogens is 182 g/mol. The van der Waals surface area contributed by atoms with Gasteiger partial charge < -0.3 is 9.84 Å². The summed E-state index contributed by atoms with van der Waals surface area (Å²) in [5.41, 5.74) is -1.42. The average molecular weight is 203 g/mol. The SMILES string of the molecule is CCN(CC(C)(O)C(=O)OC)C(C)C. The summed E-state index contributed by atoms with van der Waals surface area (Å²) in [5.74, 6) is -0.586. The second-order valence-electron chi connectivity index (χ2n) is 3.92. The van der Waals surface area contributed by atoms with Crippen molar-refractivity contribution in [2.24, 2.45) is 0 Å². The van der Waals surface area contributed by atoms with Crippen LogP contribution >= 0.6 is 0 Å². The van der Waals surface area contributed by atoms with E-state index < -0.39 is 11.6 Å². The predicted octanol–water partition coefficient (Wildman–Crippen LogP) is 0.641. The number of ether oxygens (including phenoxy) is 1. The molecule has 1 atom stereocenters. The van der Waals surface area contributed by atoms with Crippen molar-refractivity contribution in [3.05, 3.63) is 0 Å². The zero-order valence-electron chi connectivity index (χ0n) is 9.70. The largest absolute Gasteiger partial charge is 0.467 e. The molecule has 0 saturated carbocycles. The number of carbonyl (C=O) groups is 1. The van der Waals surface area contributed by atoms with Crippen LogP contribution in [-0.4, -0.2) is 47.8 Å². The van der Waals surface area contributed by atoms with E-state index in [1.165, 1.54) is 14.0 Å². The van der Waals surface area contributed by atoms with Crippen LogP contribution < -0.4 is 0 Å². The highest BCUT2D eigenvalue weighted by molar-refractivity contribution is 5.78. The second-order valence-corrected chi connectivity index (χ2v) is 3.92. The van der Waals surface area contributed by atoms with Gasteiger partial charge in [0, 0.05) is 12.6 Å². The Balaban J connectivity index is 4.39. The van der Waals surface area contributed by atoms with Gasteiger partial charge in [-0.05, 0) is 27.3 Å². The monoisotopic (exact) mass is 203 g/mol. The van der Waals surface area contributed by atoms with Crippen molar-refractivity contribution in [3.8, 4) is 0 Å². The van der Waals surface area contributed by atoms with Gasteiger partial charge in [0.15, 0.2) is 5.60 Å². The van der Waals surface area contributed by atoms with Crippen molar-refractivity contribution in [1.29, 1.82) is 0 Å². The number of hydrogen-bond acceptors (Lipinski definition) is 4. The number of esters is 1. The van der Waals surface area contributed by atoms with Gasteiger partial charge in [-0.3, -0.25) is 4.90 Å². The summed E-state index contributed by atoms with van der Waals surface area (Å²) in [6, 6.07) is 0.302. The van der Waals surface area contributed by atoms with Gasteiger partial charge in [0.05, 0.1) is 7.11 Å². The van der Waals surface area contributed by atoms with E-state index in [-0.39, 0.29) is 0 Å². The van der Waals surface area contributed by atoms with Crippen molar-refractivity contribution in [1.82, 2.24) is 4.90 Å². The third-order valence-electron chi connectivity index (χ3n) is 2.27. The number of rotatable bonds is 5. The molecule has 0 aromatic rings. The molecule has 0 aliphatic rings. The lowest BCUT2D eigenvalue weighted by molar-refractivity contribution is -0.162. The Bertz CT molecular complexity index is 190. The molecule has 0 saturated heterocycles. The predicted molar refractivity (Wildman–Crippen MR) is 55.0 cm³/mol. The lowest BCUT2D eigenvalue weighted by Crippen LogP contribution is -2.49. The Hall–Kier alpha value is -0.610. The fraction of sp³-hybridized carbons (Fsp3) is 0.900. The van der Waals surface area contributed by atoms with Gasteiger partial charge in [-0.15, -0.1) is 0 Å². The molecule has 1 unspecified atom stereocenters. The highest BCUT2D eigenvalue weighted by Gasteiger charge is 2.33. The van der Waals surface area contributed by atoms with Crippen molar-refractivity contribution in [2.45, 2.75) is 39.3 Å². The highest BCUT2D eigenvalue weighted by atomic mass is 16.5. The van der Waals surface area contributed by atoms with Gasteiger partial charge in [-0.2, -0.15) is 0 Å². The Morgan fingerprint density at radius 2 is 2.07 bits per heavy atom. The minimum absolute atomic E-state index is 0.299. The summed E-state index contributed by atoms with van der Waals surface area (Å²) < 4.78 is 4.52. The van der Waals surface area contributed by atoms with E-state index in [2.05, 4.69) is 4.74 Å². The molecule has 4 heteroatoms. The first-order valence-electron chi connectivity index (χ1n) is 4.90. The van der Waals surface area contributed by atoms with Crippen LogP contribution in [0, 0.1) is 0 Å². The third-order valence-corrected chi connectivity index (χ3v) is 2.27. The normalized spacial score (nSPS) is 15.7. The van der Waals surface area contributed by atoms with Gasteiger partial charge in [-0.1, -0.05) is 6.92 Å². The van der Waals surface area contributed by atoms with Gasteiger partial charge in [-0.25, -0.2) is 4.79 Å². The maximum atomic E-state index is 11.2. The molecule has 0 aromatic heterocycles. The van der Waals surface area contributed by atoms with Crippen LogP contribution in [0.5, 0.6) is 0 Å². The standard InChI is InChI=1S/C10H21NO3/c1-6-11(8(2)3)7-10(4,13)9(12)14-5/h8,13H,6-7H2,1-5H3. The lowest BCUT2D eigenvalue weighted by atomic mass is 10.1. The molecule has 0 spiro atoms. The number of nitrogens with zero attached hydrogens (tertiary/aromatic N) is 1. The topological polar surface area (TPSA) is 49.8 Å². The molecular formula is C10H21NO3. The summed E-state index contributed by atoms with van der Waals surface area (Å²) in [5, 5.41) is 9.82. The molecule has 1 N–H and O–H groups in total. The molecule has 0 radical (unpaired) electrons. The van der Waals surface area contributed by atoms with Gasteiger partial charge in [0.25, 0.3) is 0 Å². The molecule has 4 nitrogen and oxygen atoms in total. The van der Waals surface area contributed by atoms with Crippen LogP contribution in [0.15, 0.2) is 0 Å². The summed E-state index contributed by atoms with van der Waals surface area (Å²) in [6.45, 7) is 8.61. The molecule has 0 heterocycles. The number of hydrogen-bond donors (Lipinski definition) is 1. The first-order valence-corrected chi connectivity index (χ1v) is 4.90. The quantitative estimate of drug-likeness (QED) is 0.666. The Kier molecular flexibility index (Phi) is 5.08. The zero-order valence-corrected chi connectivity index (χ0v) is 9.70. The van der Waals surface area contributed by atoms with Crippen molar-refractivity contribution in [3.63, 3.8) is 0 Å². The van der Waals surface area contributed by atoms with Crippen LogP contribution in [0.2, 0.25) is 0 Å². The molecule has 0 fully saturated rings. The number of aliphatic hydroxyl groups is 1. The Morgan fingerprint density at radius 1 is 1.57 bits per heavy atom. The maximum absolute atomic E-state index is 11.2. The molecule has 0 aromatic carbocycles. The van der Waals surface area contributed by atoms with Crippen LogP contribution in [0.4, 0.5) is 0 Å². The van der Waals surface area contributed by atoms with Crippen molar-refractivity contribution >= 4 is 5.97 Å². The number of carbonyl (C=O) groups excluding carboxylic acids is 1. The van der Waals surface area contributed by atoms with E-state index in [9.17, 15) is 9.90 Å². The summed E-state index contributed by atoms with van der Waals surface area (Å²) in [7, 11) is 1.28. The van der Waals surface area contributed by atoms with E-state index in [0.29, 0.717) is 12.6 Å². The van der Waals surface area contributed by atoms with E-state index in [1.54, 1.807) is 0 Å². The molecule has 0 amide bonds. The summed E-state index contributed by atoms with van der Waals surface area (Å²) >= 11 is 0. The van der Waals surface area contributed by atoms with Crippen molar-refractivity contribution in [2.75, 3.05) is 20.2 Å². The van der Waals surface area contributed by atoms with Crippen LogP contribution in [0.25, 0.3) is 0 Å². The molecule has 0 bridgehead atoms. The molecule has 0 aliphatic heterocycles. The Morgan fingerprint density at radius 3 is 2.36 bits per heavy atom. The van der Waals surface area contributed by atoms with Crippen LogP contribution in [0.1, 0.15) is 27.7 Å². The first-order chi connectivity index (χ1) is 6.35. The smallest absolute Gasteiger partial charge is 0.338 e. The average Bonchev–Trinajstić information content (AvgIpc) is 2.12. The van der Waals surface area contributed by atoms with Crippen LogP contribution in [-0.2, 0) is 9.53 Å².